The average molecular weight is 602 g/mol. The van der Waals surface area contributed by atoms with Crippen LogP contribution in [0.4, 0.5) is 8.78 Å². The van der Waals surface area contributed by atoms with Gasteiger partial charge in [-0.25, -0.2) is 13.8 Å². The molecule has 2 aromatic rings. The number of halogens is 2. The van der Waals surface area contributed by atoms with Crippen molar-refractivity contribution in [1.82, 2.24) is 24.7 Å². The molecule has 7 nitrogen and oxygen atoms in total. The van der Waals surface area contributed by atoms with Crippen molar-refractivity contribution in [2.75, 3.05) is 13.1 Å². The van der Waals surface area contributed by atoms with Crippen molar-refractivity contribution < 1.29 is 18.4 Å². The minimum atomic E-state index is -2.63. The van der Waals surface area contributed by atoms with Crippen LogP contribution in [-0.4, -0.2) is 62.3 Å². The molecule has 0 unspecified atom stereocenters. The molecule has 1 N–H and O–H groups in total. The van der Waals surface area contributed by atoms with Gasteiger partial charge in [-0.2, -0.15) is 11.3 Å². The number of hydrogen-bond donors (Lipinski definition) is 1. The molecule has 0 spiro atoms. The summed E-state index contributed by atoms with van der Waals surface area (Å²) >= 11 is 1.62. The number of amides is 2. The topological polar surface area (TPSA) is 70.5 Å². The van der Waals surface area contributed by atoms with Crippen LogP contribution < -0.4 is 5.32 Å². The van der Waals surface area contributed by atoms with E-state index in [1.54, 1.807) is 11.3 Å². The zero-order valence-electron chi connectivity index (χ0n) is 25.2. The second-order valence-electron chi connectivity index (χ2n) is 13.4. The Balaban J connectivity index is 1.09. The molecule has 10 heteroatoms. The predicted octanol–water partition coefficient (Wildman–Crippen LogP) is 6.03. The molecule has 1 aliphatic carbocycles. The van der Waals surface area contributed by atoms with Crippen molar-refractivity contribution in [3.8, 4) is 0 Å². The van der Waals surface area contributed by atoms with Gasteiger partial charge in [0.2, 0.25) is 17.7 Å². The second-order valence-corrected chi connectivity index (χ2v) is 14.2. The first-order valence-corrected chi connectivity index (χ1v) is 16.9. The van der Waals surface area contributed by atoms with Gasteiger partial charge in [0.05, 0.1) is 18.3 Å². The highest BCUT2D eigenvalue weighted by Gasteiger charge is 2.43. The molecular formula is C32H45F2N5O2S. The Labute approximate surface area is 252 Å². The molecule has 42 heavy (non-hydrogen) atoms. The van der Waals surface area contributed by atoms with Gasteiger partial charge in [-0.15, -0.1) is 0 Å². The van der Waals surface area contributed by atoms with Crippen molar-refractivity contribution in [2.24, 2.45) is 11.8 Å². The van der Waals surface area contributed by atoms with Crippen molar-refractivity contribution in [3.05, 3.63) is 39.6 Å². The molecular weight excluding hydrogens is 556 g/mol. The molecule has 3 aliphatic heterocycles. The van der Waals surface area contributed by atoms with Crippen LogP contribution in [-0.2, 0) is 22.6 Å². The second kappa shape index (κ2) is 12.0. The highest BCUT2D eigenvalue weighted by atomic mass is 32.1. The highest BCUT2D eigenvalue weighted by Crippen LogP contribution is 2.43. The van der Waals surface area contributed by atoms with Gasteiger partial charge in [-0.05, 0) is 74.3 Å². The quantitative estimate of drug-likeness (QED) is 0.401. The maximum absolute atomic E-state index is 13.7. The lowest BCUT2D eigenvalue weighted by atomic mass is 9.86. The molecule has 2 saturated heterocycles. The Bertz CT molecular complexity index is 1250. The third-order valence-electron chi connectivity index (χ3n) is 10.3. The molecule has 230 valence electrons. The lowest BCUT2D eigenvalue weighted by Gasteiger charge is -2.41. The summed E-state index contributed by atoms with van der Waals surface area (Å²) in [6.45, 7) is 8.33. The van der Waals surface area contributed by atoms with E-state index >= 15 is 0 Å². The van der Waals surface area contributed by atoms with E-state index in [9.17, 15) is 18.4 Å². The zero-order chi connectivity index (χ0) is 29.6. The Hall–Kier alpha value is -2.33. The predicted molar refractivity (Wildman–Crippen MR) is 159 cm³/mol. The molecule has 6 rings (SSSR count). The summed E-state index contributed by atoms with van der Waals surface area (Å²) in [7, 11) is 0. The summed E-state index contributed by atoms with van der Waals surface area (Å²) in [4.78, 5) is 35.3. The first-order chi connectivity index (χ1) is 20.1. The number of nitrogens with zero attached hydrogens (tertiary/aromatic N) is 4. The molecule has 5 heterocycles. The summed E-state index contributed by atoms with van der Waals surface area (Å²) in [6, 6.07) is 3.43. The normalized spacial score (nSPS) is 26.8. The summed E-state index contributed by atoms with van der Waals surface area (Å²) in [5.74, 6) is -1.75. The van der Waals surface area contributed by atoms with Crippen LogP contribution in [0.5, 0.6) is 0 Å². The number of thiophene rings is 1. The average Bonchev–Trinajstić information content (AvgIpc) is 3.66. The van der Waals surface area contributed by atoms with E-state index in [2.05, 4.69) is 33.2 Å². The van der Waals surface area contributed by atoms with Gasteiger partial charge in [0.1, 0.15) is 5.82 Å². The van der Waals surface area contributed by atoms with Crippen LogP contribution in [0, 0.1) is 18.8 Å². The number of alkyl halides is 2. The van der Waals surface area contributed by atoms with Crippen LogP contribution in [0.3, 0.4) is 0 Å². The van der Waals surface area contributed by atoms with Crippen molar-refractivity contribution in [3.63, 3.8) is 0 Å². The van der Waals surface area contributed by atoms with E-state index < -0.39 is 5.92 Å². The lowest BCUT2D eigenvalue weighted by molar-refractivity contribution is -0.135. The number of carbonyl (C=O) groups is 2. The maximum Gasteiger partial charge on any atom is 0.248 e. The number of nitrogens with one attached hydrogen (secondary N) is 1. The summed E-state index contributed by atoms with van der Waals surface area (Å²) < 4.78 is 29.8. The van der Waals surface area contributed by atoms with Gasteiger partial charge in [0, 0.05) is 68.0 Å². The van der Waals surface area contributed by atoms with E-state index in [1.165, 1.54) is 18.5 Å². The Kier molecular flexibility index (Phi) is 8.48. The number of carbonyl (C=O) groups excluding carboxylic acids is 2. The number of aromatic nitrogens is 2. The smallest absolute Gasteiger partial charge is 0.248 e. The van der Waals surface area contributed by atoms with Gasteiger partial charge in [0.15, 0.2) is 0 Å². The summed E-state index contributed by atoms with van der Waals surface area (Å²) in [5.41, 5.74) is 3.50. The number of aryl methyl sites for hydroxylation is 1. The minimum Gasteiger partial charge on any atom is -0.349 e. The Morgan fingerprint density at radius 2 is 1.83 bits per heavy atom. The fourth-order valence-corrected chi connectivity index (χ4v) is 8.78. The minimum absolute atomic E-state index is 0.00243. The largest absolute Gasteiger partial charge is 0.349 e. The fraction of sp³-hybridized carbons (Fsp3) is 0.719. The van der Waals surface area contributed by atoms with Gasteiger partial charge in [-0.3, -0.25) is 14.5 Å². The molecule has 2 aromatic heterocycles. The van der Waals surface area contributed by atoms with Crippen LogP contribution in [0.25, 0.3) is 0 Å². The van der Waals surface area contributed by atoms with Gasteiger partial charge < -0.3 is 14.8 Å². The molecule has 4 atom stereocenters. The van der Waals surface area contributed by atoms with E-state index in [0.717, 1.165) is 55.9 Å². The highest BCUT2D eigenvalue weighted by molar-refractivity contribution is 7.08. The first kappa shape index (κ1) is 29.7. The SMILES string of the molecule is Cc1nc2c(n1[C@H]1C[C@H]3CC[C@@H](C1)N3CC[C@H](NC(=O)C1CCC(F)(F)CC1)c1ccsc1)CCN(C(=O)C(C)C)C2. The van der Waals surface area contributed by atoms with E-state index in [-0.39, 0.29) is 55.4 Å². The van der Waals surface area contributed by atoms with Gasteiger partial charge >= 0.3 is 0 Å². The first-order valence-electron chi connectivity index (χ1n) is 15.9. The molecule has 0 radical (unpaired) electrons. The molecule has 4 aliphatic rings. The van der Waals surface area contributed by atoms with Gasteiger partial charge in [-0.1, -0.05) is 13.8 Å². The van der Waals surface area contributed by atoms with Crippen molar-refractivity contribution in [1.29, 1.82) is 0 Å². The molecule has 1 saturated carbocycles. The monoisotopic (exact) mass is 601 g/mol. The van der Waals surface area contributed by atoms with Crippen LogP contribution in [0.2, 0.25) is 0 Å². The third-order valence-corrected chi connectivity index (χ3v) is 11.0. The number of hydrogen-bond acceptors (Lipinski definition) is 5. The van der Waals surface area contributed by atoms with E-state index in [1.807, 2.05) is 24.1 Å². The lowest BCUT2D eigenvalue weighted by Crippen LogP contribution is -2.46. The fourth-order valence-electron chi connectivity index (χ4n) is 8.06. The van der Waals surface area contributed by atoms with Gasteiger partial charge in [0.25, 0.3) is 0 Å². The standard InChI is InChI=1S/C32H45F2N5O2S/c1-20(2)31(41)37-13-9-29-28(18-37)35-21(3)39(29)26-16-24-4-5-25(17-26)38(24)14-8-27(23-10-15-42-19-23)36-30(40)22-6-11-32(33,34)12-7-22/h10,15,19-20,22,24-27H,4-9,11-14,16-18H2,1-3H3,(H,36,40)/t24-,25+,26+,27-/m0/s1. The van der Waals surface area contributed by atoms with Crippen molar-refractivity contribution >= 4 is 23.2 Å². The number of rotatable bonds is 8. The number of fused-ring (bicyclic) bond motifs is 3. The van der Waals surface area contributed by atoms with E-state index in [0.29, 0.717) is 24.7 Å². The molecule has 2 bridgehead atoms. The summed E-state index contributed by atoms with van der Waals surface area (Å²) in [6.07, 6.45) is 6.40. The maximum atomic E-state index is 13.7. The summed E-state index contributed by atoms with van der Waals surface area (Å²) in [5, 5.41) is 7.39. The van der Waals surface area contributed by atoms with E-state index in [4.69, 9.17) is 4.98 Å². The molecule has 3 fully saturated rings. The third kappa shape index (κ3) is 6.03. The van der Waals surface area contributed by atoms with Crippen molar-refractivity contribution in [2.45, 2.75) is 122 Å². The van der Waals surface area contributed by atoms with Crippen LogP contribution in [0.15, 0.2) is 16.8 Å². The Morgan fingerprint density at radius 1 is 1.12 bits per heavy atom. The molecule has 2 amide bonds. The van der Waals surface area contributed by atoms with Crippen LogP contribution >= 0.6 is 11.3 Å². The number of imidazole rings is 1. The molecule has 0 aromatic carbocycles. The number of piperidine rings is 1. The zero-order valence-corrected chi connectivity index (χ0v) is 26.0. The Morgan fingerprint density at radius 3 is 2.48 bits per heavy atom. The van der Waals surface area contributed by atoms with Crippen LogP contribution in [0.1, 0.15) is 106 Å².